The fourth-order valence-electron chi connectivity index (χ4n) is 3.29. The number of hydrogen-bond donors (Lipinski definition) is 0. The standard InChI is InChI=1S/C21H14F4N2O3S/c1-2-30-17(28)6-11-5-10-3-4-12(22)7-15(10)27(21(11)29)9-16-26-19-18(25)13(23)8-14(24)20(19)31-16/h3-5,7-8H,2,6,9H2,1H3. The zero-order chi connectivity index (χ0) is 22.3. The number of carbonyl (C=O) groups is 1. The van der Waals surface area contributed by atoms with Crippen molar-refractivity contribution in [1.29, 1.82) is 0 Å². The van der Waals surface area contributed by atoms with Gasteiger partial charge in [-0.3, -0.25) is 9.59 Å². The van der Waals surface area contributed by atoms with Gasteiger partial charge in [0.1, 0.15) is 22.2 Å². The molecule has 0 atom stereocenters. The third kappa shape index (κ3) is 3.90. The Hall–Kier alpha value is -3.27. The molecule has 4 rings (SSSR count). The van der Waals surface area contributed by atoms with Crippen LogP contribution in [0, 0.1) is 23.3 Å². The summed E-state index contributed by atoms with van der Waals surface area (Å²) in [6, 6.07) is 5.69. The number of nitrogens with zero attached hydrogens (tertiary/aromatic N) is 2. The van der Waals surface area contributed by atoms with Crippen molar-refractivity contribution in [3.63, 3.8) is 0 Å². The maximum Gasteiger partial charge on any atom is 0.310 e. The van der Waals surface area contributed by atoms with Crippen LogP contribution in [-0.2, 0) is 22.5 Å². The Labute approximate surface area is 176 Å². The summed E-state index contributed by atoms with van der Waals surface area (Å²) in [6.45, 7) is 1.52. The van der Waals surface area contributed by atoms with Gasteiger partial charge in [0.05, 0.1) is 29.8 Å². The normalized spacial score (nSPS) is 11.4. The Bertz CT molecular complexity index is 1400. The molecular weight excluding hydrogens is 436 g/mol. The summed E-state index contributed by atoms with van der Waals surface area (Å²) in [5.41, 5.74) is -0.757. The van der Waals surface area contributed by atoms with E-state index in [4.69, 9.17) is 4.74 Å². The van der Waals surface area contributed by atoms with Crippen LogP contribution in [0.2, 0.25) is 0 Å². The Balaban J connectivity index is 1.87. The molecule has 0 spiro atoms. The molecule has 0 aliphatic carbocycles. The second kappa shape index (κ2) is 8.10. The van der Waals surface area contributed by atoms with Crippen LogP contribution in [0.1, 0.15) is 17.5 Å². The highest BCUT2D eigenvalue weighted by molar-refractivity contribution is 7.18. The number of thiazole rings is 1. The summed E-state index contributed by atoms with van der Waals surface area (Å²) in [7, 11) is 0. The van der Waals surface area contributed by atoms with Crippen LogP contribution in [0.15, 0.2) is 35.1 Å². The summed E-state index contributed by atoms with van der Waals surface area (Å²) in [5, 5.41) is 0.587. The molecular formula is C21H14F4N2O3S. The number of pyridine rings is 1. The molecule has 10 heteroatoms. The van der Waals surface area contributed by atoms with Gasteiger partial charge in [-0.2, -0.15) is 0 Å². The van der Waals surface area contributed by atoms with Gasteiger partial charge in [-0.05, 0) is 36.6 Å². The van der Waals surface area contributed by atoms with Gasteiger partial charge in [-0.15, -0.1) is 11.3 Å². The molecule has 0 saturated carbocycles. The molecule has 4 aromatic rings. The lowest BCUT2D eigenvalue weighted by Gasteiger charge is -2.12. The lowest BCUT2D eigenvalue weighted by molar-refractivity contribution is -0.142. The maximum atomic E-state index is 14.0. The molecule has 0 aliphatic heterocycles. The van der Waals surface area contributed by atoms with E-state index in [1.807, 2.05) is 0 Å². The van der Waals surface area contributed by atoms with Crippen molar-refractivity contribution >= 4 is 38.4 Å². The van der Waals surface area contributed by atoms with Gasteiger partial charge in [-0.1, -0.05) is 0 Å². The topological polar surface area (TPSA) is 61.2 Å². The summed E-state index contributed by atoms with van der Waals surface area (Å²) in [6.07, 6.45) is -0.297. The lowest BCUT2D eigenvalue weighted by Crippen LogP contribution is -2.26. The molecule has 0 N–H and O–H groups in total. The summed E-state index contributed by atoms with van der Waals surface area (Å²) in [5.74, 6) is -4.84. The maximum absolute atomic E-state index is 14.0. The molecule has 160 valence electrons. The van der Waals surface area contributed by atoms with Gasteiger partial charge in [0.25, 0.3) is 5.56 Å². The van der Waals surface area contributed by atoms with E-state index in [1.54, 1.807) is 6.92 Å². The molecule has 0 unspecified atom stereocenters. The first kappa shape index (κ1) is 21.0. The first-order valence-electron chi connectivity index (χ1n) is 9.19. The predicted octanol–water partition coefficient (Wildman–Crippen LogP) is 4.32. The van der Waals surface area contributed by atoms with E-state index in [2.05, 4.69) is 4.98 Å². The largest absolute Gasteiger partial charge is 0.466 e. The van der Waals surface area contributed by atoms with Gasteiger partial charge in [-0.25, -0.2) is 22.5 Å². The molecule has 0 radical (unpaired) electrons. The van der Waals surface area contributed by atoms with Crippen LogP contribution in [-0.4, -0.2) is 22.1 Å². The van der Waals surface area contributed by atoms with Crippen molar-refractivity contribution in [1.82, 2.24) is 9.55 Å². The number of fused-ring (bicyclic) bond motifs is 2. The van der Waals surface area contributed by atoms with Gasteiger partial charge >= 0.3 is 5.97 Å². The van der Waals surface area contributed by atoms with Crippen molar-refractivity contribution < 1.29 is 27.1 Å². The third-order valence-electron chi connectivity index (χ3n) is 4.63. The molecule has 2 aromatic heterocycles. The Morgan fingerprint density at radius 2 is 1.90 bits per heavy atom. The first-order valence-corrected chi connectivity index (χ1v) is 10.0. The molecule has 0 saturated heterocycles. The van der Waals surface area contributed by atoms with Crippen LogP contribution in [0.5, 0.6) is 0 Å². The van der Waals surface area contributed by atoms with Crippen molar-refractivity contribution in [3.05, 3.63) is 74.5 Å². The second-order valence-electron chi connectivity index (χ2n) is 6.69. The number of halogens is 4. The quantitative estimate of drug-likeness (QED) is 0.258. The van der Waals surface area contributed by atoms with Crippen LogP contribution in [0.25, 0.3) is 21.1 Å². The Kier molecular flexibility index (Phi) is 5.48. The number of rotatable bonds is 5. The summed E-state index contributed by atoms with van der Waals surface area (Å²) >= 11 is 0.753. The van der Waals surface area contributed by atoms with Crippen molar-refractivity contribution in [2.24, 2.45) is 0 Å². The zero-order valence-electron chi connectivity index (χ0n) is 16.0. The smallest absolute Gasteiger partial charge is 0.310 e. The summed E-state index contributed by atoms with van der Waals surface area (Å²) in [4.78, 5) is 28.9. The van der Waals surface area contributed by atoms with Gasteiger partial charge in [0, 0.05) is 11.6 Å². The molecule has 31 heavy (non-hydrogen) atoms. The van der Waals surface area contributed by atoms with E-state index in [9.17, 15) is 27.2 Å². The highest BCUT2D eigenvalue weighted by atomic mass is 32.1. The fourth-order valence-corrected chi connectivity index (χ4v) is 4.24. The fraction of sp³-hybridized carbons (Fsp3) is 0.190. The van der Waals surface area contributed by atoms with Crippen LogP contribution in [0.4, 0.5) is 17.6 Å². The van der Waals surface area contributed by atoms with Crippen LogP contribution < -0.4 is 5.56 Å². The molecule has 2 heterocycles. The molecule has 0 bridgehead atoms. The van der Waals surface area contributed by atoms with E-state index >= 15 is 0 Å². The number of esters is 1. The van der Waals surface area contributed by atoms with Gasteiger partial charge in [0.2, 0.25) is 0 Å². The lowest BCUT2D eigenvalue weighted by atomic mass is 10.1. The number of ether oxygens (including phenoxy) is 1. The van der Waals surface area contributed by atoms with Crippen molar-refractivity contribution in [2.75, 3.05) is 6.61 Å². The van der Waals surface area contributed by atoms with Gasteiger partial charge < -0.3 is 9.30 Å². The molecule has 0 aliphatic rings. The number of aromatic nitrogens is 2. The molecule has 2 aromatic carbocycles. The SMILES string of the molecule is CCOC(=O)Cc1cc2ccc(F)cc2n(Cc2nc3c(F)c(F)cc(F)c3s2)c1=O. The molecule has 0 fully saturated rings. The minimum atomic E-state index is -1.37. The van der Waals surface area contributed by atoms with E-state index in [1.165, 1.54) is 18.2 Å². The Morgan fingerprint density at radius 1 is 1.13 bits per heavy atom. The monoisotopic (exact) mass is 450 g/mol. The minimum absolute atomic E-state index is 0.111. The van der Waals surface area contributed by atoms with E-state index in [0.29, 0.717) is 11.5 Å². The number of hydrogen-bond acceptors (Lipinski definition) is 5. The highest BCUT2D eigenvalue weighted by Crippen LogP contribution is 2.29. The van der Waals surface area contributed by atoms with Crippen molar-refractivity contribution in [2.45, 2.75) is 19.9 Å². The average molecular weight is 450 g/mol. The van der Waals surface area contributed by atoms with E-state index in [-0.39, 0.29) is 40.4 Å². The van der Waals surface area contributed by atoms with E-state index in [0.717, 1.165) is 22.0 Å². The Morgan fingerprint density at radius 3 is 2.65 bits per heavy atom. The predicted molar refractivity (Wildman–Crippen MR) is 107 cm³/mol. The van der Waals surface area contributed by atoms with E-state index < -0.39 is 40.3 Å². The number of carbonyl (C=O) groups excluding carboxylic acids is 1. The van der Waals surface area contributed by atoms with Crippen molar-refractivity contribution in [3.8, 4) is 0 Å². The molecule has 0 amide bonds. The average Bonchev–Trinajstić information content (AvgIpc) is 3.15. The summed E-state index contributed by atoms with van der Waals surface area (Å²) < 4.78 is 61.3. The molecule has 5 nitrogen and oxygen atoms in total. The van der Waals surface area contributed by atoms with Crippen LogP contribution >= 0.6 is 11.3 Å². The van der Waals surface area contributed by atoms with Gasteiger partial charge in [0.15, 0.2) is 11.6 Å². The second-order valence-corrected chi connectivity index (χ2v) is 7.77. The highest BCUT2D eigenvalue weighted by Gasteiger charge is 2.19. The first-order chi connectivity index (χ1) is 14.8. The minimum Gasteiger partial charge on any atom is -0.466 e. The zero-order valence-corrected chi connectivity index (χ0v) is 16.9. The number of benzene rings is 2. The third-order valence-corrected chi connectivity index (χ3v) is 5.67. The van der Waals surface area contributed by atoms with Crippen LogP contribution in [0.3, 0.4) is 0 Å².